The molecule has 2 aliphatic rings. The molecule has 2 heterocycles. The van der Waals surface area contributed by atoms with Crippen molar-refractivity contribution in [3.8, 4) is 0 Å². The van der Waals surface area contributed by atoms with Crippen molar-refractivity contribution in [3.63, 3.8) is 0 Å². The van der Waals surface area contributed by atoms with Gasteiger partial charge in [0.15, 0.2) is 0 Å². The lowest BCUT2D eigenvalue weighted by Gasteiger charge is -2.34. The lowest BCUT2D eigenvalue weighted by molar-refractivity contribution is -0.124. The Labute approximate surface area is 103 Å². The molecule has 1 amide bonds. The van der Waals surface area contributed by atoms with E-state index in [0.29, 0.717) is 0 Å². The van der Waals surface area contributed by atoms with E-state index < -0.39 is 0 Å². The van der Waals surface area contributed by atoms with Gasteiger partial charge in [-0.15, -0.1) is 0 Å². The smallest absolute Gasteiger partial charge is 0.237 e. The summed E-state index contributed by atoms with van der Waals surface area (Å²) >= 11 is 0. The highest BCUT2D eigenvalue weighted by Crippen LogP contribution is 2.28. The van der Waals surface area contributed by atoms with E-state index in [1.807, 2.05) is 0 Å². The van der Waals surface area contributed by atoms with Crippen LogP contribution in [0.2, 0.25) is 0 Å². The van der Waals surface area contributed by atoms with Gasteiger partial charge in [-0.3, -0.25) is 4.79 Å². The van der Waals surface area contributed by atoms with Crippen LogP contribution in [-0.4, -0.2) is 38.3 Å². The Kier molecular flexibility index (Phi) is 4.40. The van der Waals surface area contributed by atoms with Crippen molar-refractivity contribution in [3.05, 3.63) is 0 Å². The zero-order valence-electron chi connectivity index (χ0n) is 10.8. The Bertz CT molecular complexity index is 256. The van der Waals surface area contributed by atoms with Gasteiger partial charge in [0.2, 0.25) is 5.91 Å². The van der Waals surface area contributed by atoms with Gasteiger partial charge >= 0.3 is 0 Å². The summed E-state index contributed by atoms with van der Waals surface area (Å²) in [5.74, 6) is 0.178. The topological polar surface area (TPSA) is 50.4 Å². The van der Waals surface area contributed by atoms with Crippen LogP contribution in [0, 0.1) is 5.41 Å². The number of ether oxygens (including phenoxy) is 1. The van der Waals surface area contributed by atoms with Crippen LogP contribution in [0.5, 0.6) is 0 Å². The van der Waals surface area contributed by atoms with Crippen LogP contribution in [0.3, 0.4) is 0 Å². The van der Waals surface area contributed by atoms with Crippen LogP contribution in [0.25, 0.3) is 0 Å². The molecular formula is C13H24N2O2. The first kappa shape index (κ1) is 12.8. The second-order valence-electron chi connectivity index (χ2n) is 5.64. The Morgan fingerprint density at radius 2 is 2.18 bits per heavy atom. The Hall–Kier alpha value is -0.610. The molecule has 2 rings (SSSR count). The molecule has 2 fully saturated rings. The predicted octanol–water partition coefficient (Wildman–Crippen LogP) is 1.06. The number of nitrogens with one attached hydrogen (secondary N) is 2. The van der Waals surface area contributed by atoms with E-state index in [4.69, 9.17) is 4.74 Å². The maximum Gasteiger partial charge on any atom is 0.237 e. The van der Waals surface area contributed by atoms with E-state index in [2.05, 4.69) is 17.6 Å². The number of rotatable bonds is 3. The maximum absolute atomic E-state index is 12.0. The summed E-state index contributed by atoms with van der Waals surface area (Å²) in [5.41, 5.74) is 0.225. The lowest BCUT2D eigenvalue weighted by Crippen LogP contribution is -2.49. The van der Waals surface area contributed by atoms with Crippen LogP contribution in [0.15, 0.2) is 0 Å². The molecule has 2 N–H and O–H groups in total. The fourth-order valence-electron chi connectivity index (χ4n) is 2.54. The van der Waals surface area contributed by atoms with E-state index in [1.165, 1.54) is 6.42 Å². The van der Waals surface area contributed by atoms with Gasteiger partial charge < -0.3 is 15.4 Å². The zero-order valence-corrected chi connectivity index (χ0v) is 10.8. The first-order valence-corrected chi connectivity index (χ1v) is 6.78. The first-order valence-electron chi connectivity index (χ1n) is 6.78. The summed E-state index contributed by atoms with van der Waals surface area (Å²) in [6.45, 7) is 5.66. The number of piperidine rings is 1. The van der Waals surface area contributed by atoms with Crippen molar-refractivity contribution in [2.75, 3.05) is 26.3 Å². The highest BCUT2D eigenvalue weighted by Gasteiger charge is 2.29. The van der Waals surface area contributed by atoms with E-state index in [0.717, 1.165) is 52.0 Å². The number of carbonyl (C=O) groups is 1. The molecule has 0 aromatic rings. The third kappa shape index (κ3) is 3.68. The van der Waals surface area contributed by atoms with Crippen molar-refractivity contribution in [1.82, 2.24) is 10.6 Å². The van der Waals surface area contributed by atoms with E-state index >= 15 is 0 Å². The molecule has 4 heteroatoms. The summed E-state index contributed by atoms with van der Waals surface area (Å²) < 4.78 is 5.36. The average molecular weight is 240 g/mol. The summed E-state index contributed by atoms with van der Waals surface area (Å²) in [6, 6.07) is 0.0344. The molecular weight excluding hydrogens is 216 g/mol. The molecule has 98 valence electrons. The summed E-state index contributed by atoms with van der Waals surface area (Å²) in [4.78, 5) is 12.0. The van der Waals surface area contributed by atoms with Gasteiger partial charge in [-0.25, -0.2) is 0 Å². The van der Waals surface area contributed by atoms with E-state index in [-0.39, 0.29) is 17.4 Å². The van der Waals surface area contributed by atoms with Gasteiger partial charge in [0, 0.05) is 19.8 Å². The molecule has 4 nitrogen and oxygen atoms in total. The van der Waals surface area contributed by atoms with E-state index in [9.17, 15) is 4.79 Å². The quantitative estimate of drug-likeness (QED) is 0.775. The molecule has 0 bridgehead atoms. The van der Waals surface area contributed by atoms with Crippen molar-refractivity contribution in [1.29, 1.82) is 0 Å². The summed E-state index contributed by atoms with van der Waals surface area (Å²) in [6.07, 6.45) is 5.43. The molecule has 0 radical (unpaired) electrons. The maximum atomic E-state index is 12.0. The molecule has 0 aromatic heterocycles. The Morgan fingerprint density at radius 3 is 2.82 bits per heavy atom. The fraction of sp³-hybridized carbons (Fsp3) is 0.923. The van der Waals surface area contributed by atoms with Crippen LogP contribution >= 0.6 is 0 Å². The molecule has 0 aromatic carbocycles. The minimum Gasteiger partial charge on any atom is -0.381 e. The van der Waals surface area contributed by atoms with Crippen LogP contribution in [0.4, 0.5) is 0 Å². The third-order valence-corrected chi connectivity index (χ3v) is 4.02. The normalized spacial score (nSPS) is 28.6. The standard InChI is InChI=1S/C13H24N2O2/c1-13(5-8-17-9-6-13)10-15-12(16)11-4-2-3-7-14-11/h11,14H,2-10H2,1H3,(H,15,16). The second kappa shape index (κ2) is 5.83. The van der Waals surface area contributed by atoms with Crippen LogP contribution < -0.4 is 10.6 Å². The van der Waals surface area contributed by atoms with Crippen molar-refractivity contribution >= 4 is 5.91 Å². The minimum atomic E-state index is 0.0344. The summed E-state index contributed by atoms with van der Waals surface area (Å²) in [7, 11) is 0. The predicted molar refractivity (Wildman–Crippen MR) is 66.8 cm³/mol. The Morgan fingerprint density at radius 1 is 1.41 bits per heavy atom. The lowest BCUT2D eigenvalue weighted by atomic mass is 9.82. The van der Waals surface area contributed by atoms with Gasteiger partial charge in [0.25, 0.3) is 0 Å². The number of amides is 1. The third-order valence-electron chi connectivity index (χ3n) is 4.02. The first-order chi connectivity index (χ1) is 8.20. The molecule has 2 saturated heterocycles. The SMILES string of the molecule is CC1(CNC(=O)C2CCCCN2)CCOCC1. The van der Waals surface area contributed by atoms with Gasteiger partial charge in [0.05, 0.1) is 6.04 Å². The molecule has 0 saturated carbocycles. The van der Waals surface area contributed by atoms with Crippen molar-refractivity contribution in [2.24, 2.45) is 5.41 Å². The molecule has 17 heavy (non-hydrogen) atoms. The number of hydrogen-bond acceptors (Lipinski definition) is 3. The fourth-order valence-corrected chi connectivity index (χ4v) is 2.54. The second-order valence-corrected chi connectivity index (χ2v) is 5.64. The highest BCUT2D eigenvalue weighted by molar-refractivity contribution is 5.81. The minimum absolute atomic E-state index is 0.0344. The average Bonchev–Trinajstić information content (AvgIpc) is 2.38. The van der Waals surface area contributed by atoms with Gasteiger partial charge in [0.1, 0.15) is 0 Å². The van der Waals surface area contributed by atoms with Crippen LogP contribution in [-0.2, 0) is 9.53 Å². The van der Waals surface area contributed by atoms with Crippen molar-refractivity contribution in [2.45, 2.75) is 45.1 Å². The van der Waals surface area contributed by atoms with E-state index in [1.54, 1.807) is 0 Å². The van der Waals surface area contributed by atoms with Gasteiger partial charge in [-0.05, 0) is 37.6 Å². The Balaban J connectivity index is 1.74. The highest BCUT2D eigenvalue weighted by atomic mass is 16.5. The molecule has 2 aliphatic heterocycles. The summed E-state index contributed by atoms with van der Waals surface area (Å²) in [5, 5.41) is 6.39. The van der Waals surface area contributed by atoms with Gasteiger partial charge in [-0.1, -0.05) is 13.3 Å². The number of hydrogen-bond donors (Lipinski definition) is 2. The zero-order chi connectivity index (χ0) is 12.1. The van der Waals surface area contributed by atoms with Crippen LogP contribution in [0.1, 0.15) is 39.0 Å². The molecule has 1 atom stereocenters. The van der Waals surface area contributed by atoms with Gasteiger partial charge in [-0.2, -0.15) is 0 Å². The largest absolute Gasteiger partial charge is 0.381 e. The molecule has 0 spiro atoms. The molecule has 1 unspecified atom stereocenters. The van der Waals surface area contributed by atoms with Crippen molar-refractivity contribution < 1.29 is 9.53 Å². The molecule has 0 aliphatic carbocycles. The monoisotopic (exact) mass is 240 g/mol. The number of carbonyl (C=O) groups excluding carboxylic acids is 1.